The number of hydrogen-bond acceptors (Lipinski definition) is 8. The summed E-state index contributed by atoms with van der Waals surface area (Å²) in [4.78, 5) is 24.1. The molecule has 0 fully saturated rings. The number of aromatic amines is 1. The molecule has 2 aromatic heterocycles. The molecule has 0 aliphatic heterocycles. The number of nitrogens with one attached hydrogen (secondary N) is 2. The number of nitrogens with zero attached hydrogens (tertiary/aromatic N) is 3. The zero-order chi connectivity index (χ0) is 27.1. The Morgan fingerprint density at radius 1 is 1.22 bits per heavy atom. The first kappa shape index (κ1) is 27.7. The molecular formula is C26H33N5O5S. The summed E-state index contributed by atoms with van der Waals surface area (Å²) < 4.78 is 33.0. The van der Waals surface area contributed by atoms with E-state index in [0.29, 0.717) is 46.8 Å². The number of hydrogen-bond donors (Lipinski definition) is 2. The van der Waals surface area contributed by atoms with Crippen molar-refractivity contribution in [1.29, 1.82) is 0 Å². The number of rotatable bonds is 10. The topological polar surface area (TPSA) is 128 Å². The first-order chi connectivity index (χ1) is 17.5. The second kappa shape index (κ2) is 11.9. The summed E-state index contributed by atoms with van der Waals surface area (Å²) in [5.41, 5.74) is 1.85. The quantitative estimate of drug-likeness (QED) is 0.311. The number of aromatic nitrogens is 3. The van der Waals surface area contributed by atoms with Crippen molar-refractivity contribution in [3.05, 3.63) is 61.1 Å². The molecule has 37 heavy (non-hydrogen) atoms. The van der Waals surface area contributed by atoms with Crippen LogP contribution in [0.1, 0.15) is 34.1 Å². The lowest BCUT2D eigenvalue weighted by Crippen LogP contribution is -2.19. The highest BCUT2D eigenvalue weighted by molar-refractivity contribution is 7.93. The molecule has 0 spiro atoms. The van der Waals surface area contributed by atoms with Crippen molar-refractivity contribution in [3.8, 4) is 17.1 Å². The van der Waals surface area contributed by atoms with Crippen LogP contribution in [0.25, 0.3) is 11.3 Å². The van der Waals surface area contributed by atoms with Crippen molar-refractivity contribution in [3.63, 3.8) is 0 Å². The Labute approximate surface area is 217 Å². The molecule has 3 rings (SSSR count). The Kier molecular flexibility index (Phi) is 8.93. The number of carbonyl (C=O) groups excluding carboxylic acids is 1. The number of carbonyl (C=O) groups is 1. The maximum Gasteiger partial charge on any atom is 0.442 e. The van der Waals surface area contributed by atoms with Crippen LogP contribution >= 0.6 is 0 Å². The summed E-state index contributed by atoms with van der Waals surface area (Å²) in [6.07, 6.45) is 4.52. The normalized spacial score (nSPS) is 12.8. The zero-order valence-corrected chi connectivity index (χ0v) is 22.6. The second-order valence-electron chi connectivity index (χ2n) is 9.09. The third-order valence-electron chi connectivity index (χ3n) is 4.78. The van der Waals surface area contributed by atoms with Crippen LogP contribution in [0.4, 0.5) is 16.4 Å². The van der Waals surface area contributed by atoms with Gasteiger partial charge in [-0.2, -0.15) is 4.98 Å². The summed E-state index contributed by atoms with van der Waals surface area (Å²) in [7, 11) is -2.94. The minimum absolute atomic E-state index is 0.161. The van der Waals surface area contributed by atoms with Gasteiger partial charge in [-0.25, -0.2) is 14.0 Å². The molecule has 0 saturated carbocycles. The Hall–Kier alpha value is -3.86. The van der Waals surface area contributed by atoms with Gasteiger partial charge in [0.25, 0.3) is 0 Å². The first-order valence-electron chi connectivity index (χ1n) is 11.7. The Balaban J connectivity index is 1.76. The van der Waals surface area contributed by atoms with Crippen molar-refractivity contribution in [1.82, 2.24) is 15.0 Å². The number of ether oxygens (including phenoxy) is 3. The van der Waals surface area contributed by atoms with E-state index in [0.717, 1.165) is 5.69 Å². The maximum absolute atomic E-state index is 12.8. The van der Waals surface area contributed by atoms with Crippen LogP contribution in [0.5, 0.6) is 5.88 Å². The summed E-state index contributed by atoms with van der Waals surface area (Å²) >= 11 is 0. The number of amides is 1. The number of anilines is 2. The standard InChI is InChI=1S/C26H33N5O5S/c1-7-34-25(32)31-37(6,33)20-12-10-19(11-13-20)29-24-28-17-21(22-9-8-15-27-22)23(30-24)35-16-14-18(2)36-26(3,4)5/h8-13,15,17,27H,2,7,14,16H2,1,3-6H3,(H,28,29,30). The predicted molar refractivity (Wildman–Crippen MR) is 143 cm³/mol. The summed E-state index contributed by atoms with van der Waals surface area (Å²) in [5.74, 6) is 1.34. The SMILES string of the molecule is C=C(CCOc1nc(Nc2ccc(S(C)(=O)=NC(=O)OCC)cc2)ncc1-c1ccc[nH]1)OC(C)(C)C. The molecule has 0 bridgehead atoms. The molecule has 1 unspecified atom stereocenters. The molecular weight excluding hydrogens is 494 g/mol. The largest absolute Gasteiger partial charge is 0.493 e. The molecule has 1 amide bonds. The lowest BCUT2D eigenvalue weighted by atomic mass is 10.2. The molecule has 10 nitrogen and oxygen atoms in total. The van der Waals surface area contributed by atoms with Crippen LogP contribution in [0.15, 0.2) is 70.4 Å². The van der Waals surface area contributed by atoms with Gasteiger partial charge in [-0.3, -0.25) is 0 Å². The molecule has 2 N–H and O–H groups in total. The molecule has 3 aromatic rings. The highest BCUT2D eigenvalue weighted by atomic mass is 32.2. The van der Waals surface area contributed by atoms with E-state index < -0.39 is 15.8 Å². The van der Waals surface area contributed by atoms with Crippen LogP contribution < -0.4 is 10.1 Å². The third kappa shape index (κ3) is 8.35. The fraction of sp³-hybridized carbons (Fsp3) is 0.346. The second-order valence-corrected chi connectivity index (χ2v) is 11.3. The zero-order valence-electron chi connectivity index (χ0n) is 21.7. The Bertz CT molecular complexity index is 1340. The Morgan fingerprint density at radius 3 is 2.57 bits per heavy atom. The van der Waals surface area contributed by atoms with Crippen molar-refractivity contribution in [2.75, 3.05) is 24.8 Å². The smallest absolute Gasteiger partial charge is 0.442 e. The molecule has 1 atom stereocenters. The van der Waals surface area contributed by atoms with Gasteiger partial charge in [0, 0.05) is 35.7 Å². The van der Waals surface area contributed by atoms with Gasteiger partial charge in [-0.1, -0.05) is 6.58 Å². The van der Waals surface area contributed by atoms with Crippen LogP contribution in [0.3, 0.4) is 0 Å². The molecule has 0 saturated heterocycles. The van der Waals surface area contributed by atoms with Crippen LogP contribution in [-0.2, 0) is 19.2 Å². The number of H-pyrrole nitrogens is 1. The van der Waals surface area contributed by atoms with E-state index in [-0.39, 0.29) is 12.2 Å². The van der Waals surface area contributed by atoms with Crippen molar-refractivity contribution < 1.29 is 23.2 Å². The average molecular weight is 528 g/mol. The molecule has 0 aliphatic carbocycles. The van der Waals surface area contributed by atoms with E-state index in [1.54, 1.807) is 37.4 Å². The summed E-state index contributed by atoms with van der Waals surface area (Å²) in [6, 6.07) is 10.4. The van der Waals surface area contributed by atoms with Crippen LogP contribution in [0, 0.1) is 0 Å². The minimum Gasteiger partial charge on any atom is -0.493 e. The van der Waals surface area contributed by atoms with E-state index in [9.17, 15) is 9.00 Å². The van der Waals surface area contributed by atoms with Gasteiger partial charge >= 0.3 is 6.09 Å². The molecule has 11 heteroatoms. The predicted octanol–water partition coefficient (Wildman–Crippen LogP) is 5.93. The van der Waals surface area contributed by atoms with E-state index in [1.165, 1.54) is 6.26 Å². The molecule has 0 radical (unpaired) electrons. The van der Waals surface area contributed by atoms with Gasteiger partial charge in [0.1, 0.15) is 5.60 Å². The van der Waals surface area contributed by atoms with Crippen molar-refractivity contribution in [2.45, 2.75) is 44.6 Å². The third-order valence-corrected chi connectivity index (χ3v) is 6.42. The lowest BCUT2D eigenvalue weighted by molar-refractivity contribution is 0.0444. The highest BCUT2D eigenvalue weighted by Gasteiger charge is 2.15. The van der Waals surface area contributed by atoms with Gasteiger partial charge in [0.05, 0.1) is 40.0 Å². The van der Waals surface area contributed by atoms with Crippen molar-refractivity contribution >= 4 is 27.5 Å². The Morgan fingerprint density at radius 2 is 1.95 bits per heavy atom. The van der Waals surface area contributed by atoms with Gasteiger partial charge < -0.3 is 24.5 Å². The fourth-order valence-electron chi connectivity index (χ4n) is 3.23. The van der Waals surface area contributed by atoms with Gasteiger partial charge in [-0.15, -0.1) is 4.36 Å². The van der Waals surface area contributed by atoms with Crippen LogP contribution in [-0.4, -0.2) is 50.3 Å². The van der Waals surface area contributed by atoms with Crippen LogP contribution in [0.2, 0.25) is 0 Å². The molecule has 2 heterocycles. The minimum atomic E-state index is -2.94. The fourth-order valence-corrected chi connectivity index (χ4v) is 4.31. The van der Waals surface area contributed by atoms with E-state index >= 15 is 0 Å². The van der Waals surface area contributed by atoms with Gasteiger partial charge in [-0.05, 0) is 64.1 Å². The van der Waals surface area contributed by atoms with E-state index in [1.807, 2.05) is 39.1 Å². The van der Waals surface area contributed by atoms with E-state index in [2.05, 4.69) is 31.2 Å². The highest BCUT2D eigenvalue weighted by Crippen LogP contribution is 2.29. The monoisotopic (exact) mass is 527 g/mol. The molecule has 198 valence electrons. The average Bonchev–Trinajstić information content (AvgIpc) is 3.33. The van der Waals surface area contributed by atoms with Gasteiger partial charge in [0.2, 0.25) is 11.8 Å². The van der Waals surface area contributed by atoms with E-state index in [4.69, 9.17) is 14.2 Å². The maximum atomic E-state index is 12.8. The summed E-state index contributed by atoms with van der Waals surface area (Å²) in [6.45, 7) is 12.0. The first-order valence-corrected chi connectivity index (χ1v) is 13.7. The molecule has 1 aromatic carbocycles. The number of benzene rings is 1. The lowest BCUT2D eigenvalue weighted by Gasteiger charge is -2.22. The summed E-state index contributed by atoms with van der Waals surface area (Å²) in [5, 5.41) is 3.12. The molecule has 0 aliphatic rings. The van der Waals surface area contributed by atoms with Crippen molar-refractivity contribution in [2.24, 2.45) is 4.36 Å². The van der Waals surface area contributed by atoms with Gasteiger partial charge in [0.15, 0.2) is 0 Å².